The number of carbonyl (C=O) groups excluding carboxylic acids is 1. The highest BCUT2D eigenvalue weighted by molar-refractivity contribution is 7.80. The van der Waals surface area contributed by atoms with Gasteiger partial charge in [-0.1, -0.05) is 11.6 Å². The summed E-state index contributed by atoms with van der Waals surface area (Å²) < 4.78 is 0. The smallest absolute Gasteiger partial charge is 0.271 e. The first-order valence-electron chi connectivity index (χ1n) is 6.07. The second-order valence-corrected chi connectivity index (χ2v) is 5.27. The Morgan fingerprint density at radius 3 is 2.71 bits per heavy atom. The molecule has 0 aromatic heterocycles. The number of benzene rings is 1. The second-order valence-electron chi connectivity index (χ2n) is 4.45. The Labute approximate surface area is 132 Å². The molecule has 0 atom stereocenters. The molecule has 0 saturated carbocycles. The van der Waals surface area contributed by atoms with Crippen LogP contribution in [0, 0.1) is 10.1 Å². The summed E-state index contributed by atoms with van der Waals surface area (Å²) in [6.07, 6.45) is 0. The van der Waals surface area contributed by atoms with Gasteiger partial charge in [0.25, 0.3) is 5.69 Å². The largest absolute Gasteiger partial charge is 0.353 e. The number of non-ortho nitro benzene ring substituents is 1. The van der Waals surface area contributed by atoms with Gasteiger partial charge in [0.05, 0.1) is 22.2 Å². The van der Waals surface area contributed by atoms with Crippen molar-refractivity contribution in [1.82, 2.24) is 10.6 Å². The number of hydrogen-bond donors (Lipinski definition) is 3. The average molecular weight is 331 g/mol. The molecule has 114 valence electrons. The predicted molar refractivity (Wildman–Crippen MR) is 85.6 cm³/mol. The first-order valence-corrected chi connectivity index (χ1v) is 6.86. The summed E-state index contributed by atoms with van der Waals surface area (Å²) in [5.41, 5.74) is 0.190. The van der Waals surface area contributed by atoms with Crippen molar-refractivity contribution in [2.45, 2.75) is 19.9 Å². The predicted octanol–water partition coefficient (Wildman–Crippen LogP) is 2.06. The van der Waals surface area contributed by atoms with E-state index < -0.39 is 4.92 Å². The van der Waals surface area contributed by atoms with E-state index in [-0.39, 0.29) is 34.3 Å². The van der Waals surface area contributed by atoms with Crippen molar-refractivity contribution in [1.29, 1.82) is 0 Å². The molecule has 9 heteroatoms. The van der Waals surface area contributed by atoms with Crippen LogP contribution < -0.4 is 16.0 Å². The molecular formula is C12H15ClN4O3S. The number of amides is 1. The van der Waals surface area contributed by atoms with E-state index in [1.54, 1.807) is 0 Å². The lowest BCUT2D eigenvalue weighted by Crippen LogP contribution is -2.41. The lowest BCUT2D eigenvalue weighted by atomic mass is 10.3. The van der Waals surface area contributed by atoms with Crippen molar-refractivity contribution in [3.63, 3.8) is 0 Å². The molecule has 7 nitrogen and oxygen atoms in total. The molecule has 0 radical (unpaired) electrons. The molecule has 1 amide bonds. The number of carbonyl (C=O) groups is 1. The molecular weight excluding hydrogens is 316 g/mol. The van der Waals surface area contributed by atoms with E-state index in [9.17, 15) is 14.9 Å². The van der Waals surface area contributed by atoms with Gasteiger partial charge in [-0.25, -0.2) is 0 Å². The number of nitro benzene ring substituents is 1. The maximum Gasteiger partial charge on any atom is 0.271 e. The van der Waals surface area contributed by atoms with Crippen LogP contribution in [0.2, 0.25) is 5.02 Å². The van der Waals surface area contributed by atoms with Crippen LogP contribution in [-0.2, 0) is 4.79 Å². The molecule has 0 heterocycles. The molecule has 0 bridgehead atoms. The number of nitrogens with one attached hydrogen (secondary N) is 3. The number of hydrogen-bond acceptors (Lipinski definition) is 4. The molecule has 0 fully saturated rings. The van der Waals surface area contributed by atoms with Gasteiger partial charge in [-0.05, 0) is 32.1 Å². The van der Waals surface area contributed by atoms with Crippen LogP contribution in [0.3, 0.4) is 0 Å². The quantitative estimate of drug-likeness (QED) is 0.434. The minimum atomic E-state index is -0.534. The van der Waals surface area contributed by atoms with E-state index in [1.165, 1.54) is 18.2 Å². The normalized spacial score (nSPS) is 10.1. The summed E-state index contributed by atoms with van der Waals surface area (Å²) in [4.78, 5) is 21.6. The molecule has 1 aromatic rings. The Kier molecular flexibility index (Phi) is 6.32. The van der Waals surface area contributed by atoms with E-state index in [0.29, 0.717) is 5.69 Å². The third-order valence-corrected chi connectivity index (χ3v) is 2.84. The number of nitro groups is 1. The van der Waals surface area contributed by atoms with Crippen LogP contribution in [0.1, 0.15) is 13.8 Å². The molecule has 0 aliphatic carbocycles. The lowest BCUT2D eigenvalue weighted by Gasteiger charge is -2.12. The van der Waals surface area contributed by atoms with Gasteiger partial charge in [0.15, 0.2) is 5.11 Å². The van der Waals surface area contributed by atoms with Crippen LogP contribution in [0.25, 0.3) is 0 Å². The van der Waals surface area contributed by atoms with Crippen molar-refractivity contribution in [3.8, 4) is 0 Å². The van der Waals surface area contributed by atoms with Gasteiger partial charge in [0.1, 0.15) is 0 Å². The molecule has 0 spiro atoms. The van der Waals surface area contributed by atoms with Crippen molar-refractivity contribution in [2.24, 2.45) is 0 Å². The Morgan fingerprint density at radius 1 is 1.48 bits per heavy atom. The van der Waals surface area contributed by atoms with Crippen LogP contribution in [0.15, 0.2) is 18.2 Å². The van der Waals surface area contributed by atoms with Gasteiger partial charge < -0.3 is 16.0 Å². The first-order chi connectivity index (χ1) is 9.79. The van der Waals surface area contributed by atoms with Crippen molar-refractivity contribution in [3.05, 3.63) is 33.3 Å². The van der Waals surface area contributed by atoms with E-state index in [0.717, 1.165) is 0 Å². The molecule has 21 heavy (non-hydrogen) atoms. The summed E-state index contributed by atoms with van der Waals surface area (Å²) in [6.45, 7) is 3.69. The van der Waals surface area contributed by atoms with Gasteiger partial charge in [0.2, 0.25) is 5.91 Å². The molecule has 0 aliphatic heterocycles. The number of nitrogens with zero attached hydrogens (tertiary/aromatic N) is 1. The van der Waals surface area contributed by atoms with Gasteiger partial charge in [-0.3, -0.25) is 14.9 Å². The maximum atomic E-state index is 11.4. The average Bonchev–Trinajstić information content (AvgIpc) is 2.38. The van der Waals surface area contributed by atoms with Crippen molar-refractivity contribution < 1.29 is 9.72 Å². The van der Waals surface area contributed by atoms with E-state index in [4.69, 9.17) is 23.8 Å². The monoisotopic (exact) mass is 330 g/mol. The lowest BCUT2D eigenvalue weighted by molar-refractivity contribution is -0.384. The SMILES string of the molecule is CC(C)NC(=O)CNC(=S)Nc1cc([N+](=O)[O-])ccc1Cl. The highest BCUT2D eigenvalue weighted by Crippen LogP contribution is 2.26. The Bertz CT molecular complexity index is 565. The van der Waals surface area contributed by atoms with Gasteiger partial charge >= 0.3 is 0 Å². The molecule has 1 rings (SSSR count). The summed E-state index contributed by atoms with van der Waals surface area (Å²) in [6, 6.07) is 3.99. The number of anilines is 1. The zero-order chi connectivity index (χ0) is 16.0. The molecule has 0 aliphatic rings. The van der Waals surface area contributed by atoms with Gasteiger partial charge in [-0.2, -0.15) is 0 Å². The zero-order valence-electron chi connectivity index (χ0n) is 11.5. The summed E-state index contributed by atoms with van der Waals surface area (Å²) in [7, 11) is 0. The zero-order valence-corrected chi connectivity index (χ0v) is 13.0. The first kappa shape index (κ1) is 17.1. The van der Waals surface area contributed by atoms with Crippen molar-refractivity contribution in [2.75, 3.05) is 11.9 Å². The summed E-state index contributed by atoms with van der Waals surface area (Å²) >= 11 is 10.9. The number of halogens is 1. The van der Waals surface area contributed by atoms with Crippen LogP contribution in [0.4, 0.5) is 11.4 Å². The summed E-state index contributed by atoms with van der Waals surface area (Å²) in [5, 5.41) is 19.2. The maximum absolute atomic E-state index is 11.4. The fourth-order valence-electron chi connectivity index (χ4n) is 1.42. The minimum Gasteiger partial charge on any atom is -0.353 e. The highest BCUT2D eigenvalue weighted by atomic mass is 35.5. The van der Waals surface area contributed by atoms with Crippen LogP contribution >= 0.6 is 23.8 Å². The van der Waals surface area contributed by atoms with Crippen LogP contribution in [-0.4, -0.2) is 28.5 Å². The standard InChI is InChI=1S/C12H15ClN4O3S/c1-7(2)15-11(18)6-14-12(21)16-10-5-8(17(19)20)3-4-9(10)13/h3-5,7H,6H2,1-2H3,(H,15,18)(H2,14,16,21). The van der Waals surface area contributed by atoms with Crippen LogP contribution in [0.5, 0.6) is 0 Å². The fourth-order valence-corrected chi connectivity index (χ4v) is 1.77. The third kappa shape index (κ3) is 5.92. The second kappa shape index (κ2) is 7.75. The topological polar surface area (TPSA) is 96.3 Å². The molecule has 3 N–H and O–H groups in total. The van der Waals surface area contributed by atoms with Gasteiger partial charge in [0, 0.05) is 18.2 Å². The highest BCUT2D eigenvalue weighted by Gasteiger charge is 2.11. The van der Waals surface area contributed by atoms with E-state index in [2.05, 4.69) is 16.0 Å². The molecule has 1 aromatic carbocycles. The summed E-state index contributed by atoms with van der Waals surface area (Å²) in [5.74, 6) is -0.209. The molecule has 0 saturated heterocycles. The third-order valence-electron chi connectivity index (χ3n) is 2.27. The number of rotatable bonds is 5. The van der Waals surface area contributed by atoms with Gasteiger partial charge in [-0.15, -0.1) is 0 Å². The Hall–Kier alpha value is -1.93. The Morgan fingerprint density at radius 2 is 2.14 bits per heavy atom. The van der Waals surface area contributed by atoms with E-state index >= 15 is 0 Å². The molecule has 0 unspecified atom stereocenters. The van der Waals surface area contributed by atoms with E-state index in [1.807, 2.05) is 13.8 Å². The Balaban J connectivity index is 2.60. The number of thiocarbonyl (C=S) groups is 1. The fraction of sp³-hybridized carbons (Fsp3) is 0.333. The minimum absolute atomic E-state index is 0.00341. The van der Waals surface area contributed by atoms with Crippen molar-refractivity contribution >= 4 is 46.2 Å².